The first-order chi connectivity index (χ1) is 12.2. The minimum atomic E-state index is 0.762. The molecule has 1 saturated heterocycles. The molecule has 1 fully saturated rings. The molecular formula is C16H17BrN8. The fourth-order valence-corrected chi connectivity index (χ4v) is 3.01. The molecule has 0 saturated carbocycles. The van der Waals surface area contributed by atoms with E-state index in [1.807, 2.05) is 19.4 Å². The van der Waals surface area contributed by atoms with Gasteiger partial charge in [0.05, 0.1) is 28.8 Å². The Balaban J connectivity index is 1.46. The summed E-state index contributed by atoms with van der Waals surface area (Å²) in [6, 6.07) is 0. The van der Waals surface area contributed by atoms with Gasteiger partial charge >= 0.3 is 0 Å². The molecule has 0 unspecified atom stereocenters. The van der Waals surface area contributed by atoms with Gasteiger partial charge < -0.3 is 9.80 Å². The lowest BCUT2D eigenvalue weighted by Gasteiger charge is -2.35. The lowest BCUT2D eigenvalue weighted by molar-refractivity contribution is 0.633. The molecule has 1 aliphatic heterocycles. The summed E-state index contributed by atoms with van der Waals surface area (Å²) in [5.41, 5.74) is 1.81. The zero-order chi connectivity index (χ0) is 17.2. The third-order valence-corrected chi connectivity index (χ3v) is 4.53. The van der Waals surface area contributed by atoms with Crippen LogP contribution in [0.1, 0.15) is 0 Å². The fraction of sp³-hybridized carbons (Fsp3) is 0.312. The van der Waals surface area contributed by atoms with Crippen molar-refractivity contribution in [3.05, 3.63) is 41.7 Å². The molecule has 3 aromatic rings. The van der Waals surface area contributed by atoms with Crippen LogP contribution >= 0.6 is 15.9 Å². The molecule has 3 aromatic heterocycles. The summed E-state index contributed by atoms with van der Waals surface area (Å²) in [6.45, 7) is 3.40. The highest BCUT2D eigenvalue weighted by Crippen LogP contribution is 2.20. The monoisotopic (exact) mass is 400 g/mol. The van der Waals surface area contributed by atoms with Gasteiger partial charge in [-0.2, -0.15) is 5.10 Å². The summed E-state index contributed by atoms with van der Waals surface area (Å²) in [4.78, 5) is 22.2. The number of halogens is 1. The zero-order valence-corrected chi connectivity index (χ0v) is 15.3. The zero-order valence-electron chi connectivity index (χ0n) is 13.7. The molecule has 0 spiro atoms. The molecule has 0 N–H and O–H groups in total. The van der Waals surface area contributed by atoms with Crippen molar-refractivity contribution in [3.63, 3.8) is 0 Å². The highest BCUT2D eigenvalue weighted by Gasteiger charge is 2.20. The third kappa shape index (κ3) is 3.46. The Hall–Kier alpha value is -2.55. The van der Waals surface area contributed by atoms with Crippen LogP contribution in [0.2, 0.25) is 0 Å². The molecule has 128 valence electrons. The molecule has 4 heterocycles. The average Bonchev–Trinajstić information content (AvgIpc) is 3.09. The normalized spacial score (nSPS) is 14.8. The molecule has 0 aliphatic carbocycles. The van der Waals surface area contributed by atoms with E-state index in [0.717, 1.165) is 53.7 Å². The molecule has 0 radical (unpaired) electrons. The molecule has 0 bridgehead atoms. The Morgan fingerprint density at radius 3 is 2.32 bits per heavy atom. The van der Waals surface area contributed by atoms with Crippen LogP contribution in [-0.4, -0.2) is 55.9 Å². The summed E-state index contributed by atoms with van der Waals surface area (Å²) >= 11 is 3.36. The van der Waals surface area contributed by atoms with Gasteiger partial charge in [-0.1, -0.05) is 0 Å². The summed E-state index contributed by atoms with van der Waals surface area (Å²) in [5, 5.41) is 4.20. The minimum Gasteiger partial charge on any atom is -0.352 e. The first-order valence-electron chi connectivity index (χ1n) is 7.97. The minimum absolute atomic E-state index is 0.762. The van der Waals surface area contributed by atoms with Crippen molar-refractivity contribution >= 4 is 27.7 Å². The smallest absolute Gasteiger partial charge is 0.225 e. The van der Waals surface area contributed by atoms with Crippen molar-refractivity contribution in [2.24, 2.45) is 7.05 Å². The number of aromatic nitrogens is 6. The predicted molar refractivity (Wildman–Crippen MR) is 98.4 cm³/mol. The van der Waals surface area contributed by atoms with Crippen molar-refractivity contribution in [1.82, 2.24) is 29.7 Å². The maximum absolute atomic E-state index is 4.74. The first kappa shape index (κ1) is 15.9. The molecule has 25 heavy (non-hydrogen) atoms. The third-order valence-electron chi connectivity index (χ3n) is 4.12. The van der Waals surface area contributed by atoms with Gasteiger partial charge in [0.25, 0.3) is 0 Å². The second-order valence-electron chi connectivity index (χ2n) is 5.84. The standard InChI is InChI=1S/C16H17BrN8/c1-23-11-12(6-21-23)14-9-18-10-15(22-14)24-2-4-25(5-3-24)16-19-7-13(17)8-20-16/h6-11H,2-5H2,1H3. The van der Waals surface area contributed by atoms with Crippen LogP contribution in [0, 0.1) is 0 Å². The van der Waals surface area contributed by atoms with Crippen LogP contribution in [0.5, 0.6) is 0 Å². The Labute approximate surface area is 153 Å². The van der Waals surface area contributed by atoms with Crippen LogP contribution in [0.3, 0.4) is 0 Å². The number of rotatable bonds is 3. The maximum atomic E-state index is 4.74. The van der Waals surface area contributed by atoms with Crippen molar-refractivity contribution < 1.29 is 0 Å². The van der Waals surface area contributed by atoms with Crippen molar-refractivity contribution in [1.29, 1.82) is 0 Å². The second kappa shape index (κ2) is 6.75. The Morgan fingerprint density at radius 1 is 0.920 bits per heavy atom. The van der Waals surface area contributed by atoms with Crippen molar-refractivity contribution in [2.75, 3.05) is 36.0 Å². The van der Waals surface area contributed by atoms with Gasteiger partial charge in [0, 0.05) is 57.4 Å². The Bertz CT molecular complexity index is 855. The quantitative estimate of drug-likeness (QED) is 0.662. The maximum Gasteiger partial charge on any atom is 0.225 e. The van der Waals surface area contributed by atoms with E-state index in [1.165, 1.54) is 0 Å². The number of hydrogen-bond donors (Lipinski definition) is 0. The lowest BCUT2D eigenvalue weighted by atomic mass is 10.2. The van der Waals surface area contributed by atoms with Crippen molar-refractivity contribution in [2.45, 2.75) is 0 Å². The van der Waals surface area contributed by atoms with Gasteiger partial charge in [0.1, 0.15) is 5.82 Å². The molecule has 0 aromatic carbocycles. The topological polar surface area (TPSA) is 75.9 Å². The Kier molecular flexibility index (Phi) is 4.31. The van der Waals surface area contributed by atoms with E-state index in [9.17, 15) is 0 Å². The highest BCUT2D eigenvalue weighted by atomic mass is 79.9. The number of hydrogen-bond acceptors (Lipinski definition) is 7. The van der Waals surface area contributed by atoms with Crippen LogP contribution in [0.15, 0.2) is 41.7 Å². The van der Waals surface area contributed by atoms with Gasteiger partial charge in [-0.15, -0.1) is 0 Å². The molecule has 0 amide bonds. The second-order valence-corrected chi connectivity index (χ2v) is 6.76. The summed E-state index contributed by atoms with van der Waals surface area (Å²) in [6.07, 6.45) is 10.9. The number of piperazine rings is 1. The SMILES string of the molecule is Cn1cc(-c2cncc(N3CCN(c4ncc(Br)cn4)CC3)n2)cn1. The van der Waals surface area contributed by atoms with Crippen LogP contribution in [0.4, 0.5) is 11.8 Å². The fourth-order valence-electron chi connectivity index (χ4n) is 2.80. The summed E-state index contributed by atoms with van der Waals surface area (Å²) < 4.78 is 2.65. The van der Waals surface area contributed by atoms with E-state index in [4.69, 9.17) is 4.98 Å². The van der Waals surface area contributed by atoms with E-state index in [0.29, 0.717) is 0 Å². The van der Waals surface area contributed by atoms with E-state index in [-0.39, 0.29) is 0 Å². The molecule has 1 aliphatic rings. The van der Waals surface area contributed by atoms with Gasteiger partial charge in [0.15, 0.2) is 0 Å². The van der Waals surface area contributed by atoms with Crippen LogP contribution < -0.4 is 9.80 Å². The van der Waals surface area contributed by atoms with E-state index in [2.05, 4.69) is 45.8 Å². The number of aryl methyl sites for hydroxylation is 1. The summed E-state index contributed by atoms with van der Waals surface area (Å²) in [5.74, 6) is 1.65. The van der Waals surface area contributed by atoms with Crippen LogP contribution in [0.25, 0.3) is 11.3 Å². The van der Waals surface area contributed by atoms with Gasteiger partial charge in [0.2, 0.25) is 5.95 Å². The van der Waals surface area contributed by atoms with E-state index in [1.54, 1.807) is 29.5 Å². The highest BCUT2D eigenvalue weighted by molar-refractivity contribution is 9.10. The molecular weight excluding hydrogens is 384 g/mol. The van der Waals surface area contributed by atoms with Gasteiger partial charge in [-0.25, -0.2) is 15.0 Å². The van der Waals surface area contributed by atoms with E-state index >= 15 is 0 Å². The summed E-state index contributed by atoms with van der Waals surface area (Å²) in [7, 11) is 1.89. The Morgan fingerprint density at radius 2 is 1.64 bits per heavy atom. The van der Waals surface area contributed by atoms with Gasteiger partial charge in [-0.3, -0.25) is 9.67 Å². The molecule has 9 heteroatoms. The molecule has 8 nitrogen and oxygen atoms in total. The van der Waals surface area contributed by atoms with Crippen LogP contribution in [-0.2, 0) is 7.05 Å². The van der Waals surface area contributed by atoms with Gasteiger partial charge in [-0.05, 0) is 15.9 Å². The van der Waals surface area contributed by atoms with Crippen molar-refractivity contribution in [3.8, 4) is 11.3 Å². The number of nitrogens with zero attached hydrogens (tertiary/aromatic N) is 8. The van der Waals surface area contributed by atoms with E-state index < -0.39 is 0 Å². The predicted octanol–water partition coefficient (Wildman–Crippen LogP) is 1.76. The lowest BCUT2D eigenvalue weighted by Crippen LogP contribution is -2.47. The number of anilines is 2. The molecule has 4 rings (SSSR count). The average molecular weight is 401 g/mol. The molecule has 0 atom stereocenters. The largest absolute Gasteiger partial charge is 0.352 e. The first-order valence-corrected chi connectivity index (χ1v) is 8.77.